The average molecular weight is 296 g/mol. The third-order valence-corrected chi connectivity index (χ3v) is 3.17. The Balaban J connectivity index is 1.98. The molecule has 0 aliphatic heterocycles. The number of halogens is 1. The number of hydrogen-bond acceptors (Lipinski definition) is 3. The largest absolute Gasteiger partial charge is 0.467 e. The lowest BCUT2D eigenvalue weighted by Gasteiger charge is -2.21. The second-order valence-corrected chi connectivity index (χ2v) is 4.64. The smallest absolute Gasteiger partial charge is 0.262 e. The Hall–Kier alpha value is -2.95. The van der Waals surface area contributed by atoms with Gasteiger partial charge in [-0.1, -0.05) is 18.2 Å². The minimum absolute atomic E-state index is 0.000269. The predicted octanol–water partition coefficient (Wildman–Crippen LogP) is 3.66. The summed E-state index contributed by atoms with van der Waals surface area (Å²) in [5.74, 6) is 0.00331. The maximum Gasteiger partial charge on any atom is 0.262 e. The molecule has 2 heterocycles. The molecule has 1 amide bonds. The Labute approximate surface area is 126 Å². The van der Waals surface area contributed by atoms with Crippen LogP contribution in [0.3, 0.4) is 0 Å². The van der Waals surface area contributed by atoms with E-state index in [0.29, 0.717) is 11.6 Å². The van der Waals surface area contributed by atoms with E-state index in [1.807, 2.05) is 0 Å². The monoisotopic (exact) mass is 296 g/mol. The summed E-state index contributed by atoms with van der Waals surface area (Å²) in [6.45, 7) is 0.178. The summed E-state index contributed by atoms with van der Waals surface area (Å²) >= 11 is 0. The summed E-state index contributed by atoms with van der Waals surface area (Å²) in [7, 11) is 0. The second kappa shape index (κ2) is 6.22. The molecule has 5 heteroatoms. The van der Waals surface area contributed by atoms with Gasteiger partial charge in [-0.05, 0) is 36.4 Å². The number of carbonyl (C=O) groups excluding carboxylic acids is 1. The van der Waals surface area contributed by atoms with Gasteiger partial charge in [-0.25, -0.2) is 9.37 Å². The zero-order valence-electron chi connectivity index (χ0n) is 11.6. The van der Waals surface area contributed by atoms with E-state index in [1.165, 1.54) is 23.3 Å². The molecular weight excluding hydrogens is 283 g/mol. The van der Waals surface area contributed by atoms with Crippen LogP contribution in [0.1, 0.15) is 16.1 Å². The van der Waals surface area contributed by atoms with Crippen LogP contribution in [0.2, 0.25) is 0 Å². The minimum Gasteiger partial charge on any atom is -0.467 e. The molecule has 2 aromatic heterocycles. The van der Waals surface area contributed by atoms with Gasteiger partial charge in [0, 0.05) is 6.20 Å². The highest BCUT2D eigenvalue weighted by molar-refractivity contribution is 6.05. The fourth-order valence-electron chi connectivity index (χ4n) is 2.11. The normalized spacial score (nSPS) is 10.4. The van der Waals surface area contributed by atoms with Crippen molar-refractivity contribution < 1.29 is 13.6 Å². The fraction of sp³-hybridized carbons (Fsp3) is 0.0588. The van der Waals surface area contributed by atoms with Crippen LogP contribution in [0.5, 0.6) is 0 Å². The quantitative estimate of drug-likeness (QED) is 0.738. The van der Waals surface area contributed by atoms with Crippen LogP contribution in [-0.4, -0.2) is 10.9 Å². The Morgan fingerprint density at radius 3 is 2.59 bits per heavy atom. The highest BCUT2D eigenvalue weighted by atomic mass is 19.1. The summed E-state index contributed by atoms with van der Waals surface area (Å²) in [5.41, 5.74) is -0.000269. The molecule has 3 aromatic rings. The maximum atomic E-state index is 13.9. The van der Waals surface area contributed by atoms with E-state index in [2.05, 4.69) is 4.98 Å². The van der Waals surface area contributed by atoms with E-state index in [-0.39, 0.29) is 12.1 Å². The molecule has 4 nitrogen and oxygen atoms in total. The minimum atomic E-state index is -0.562. The van der Waals surface area contributed by atoms with Gasteiger partial charge >= 0.3 is 0 Å². The van der Waals surface area contributed by atoms with Gasteiger partial charge in [-0.15, -0.1) is 0 Å². The first-order chi connectivity index (χ1) is 10.8. The van der Waals surface area contributed by atoms with Gasteiger partial charge in [0.2, 0.25) is 0 Å². The highest BCUT2D eigenvalue weighted by Gasteiger charge is 2.22. The van der Waals surface area contributed by atoms with Gasteiger partial charge in [0.05, 0.1) is 18.4 Å². The van der Waals surface area contributed by atoms with E-state index in [1.54, 1.807) is 48.7 Å². The molecule has 1 aromatic carbocycles. The van der Waals surface area contributed by atoms with Crippen molar-refractivity contribution in [1.29, 1.82) is 0 Å². The number of aromatic nitrogens is 1. The number of amides is 1. The fourth-order valence-corrected chi connectivity index (χ4v) is 2.11. The van der Waals surface area contributed by atoms with Gasteiger partial charge in [0.1, 0.15) is 17.4 Å². The first kappa shape index (κ1) is 14.0. The van der Waals surface area contributed by atoms with Crippen molar-refractivity contribution in [3.63, 3.8) is 0 Å². The van der Waals surface area contributed by atoms with Crippen molar-refractivity contribution in [2.75, 3.05) is 4.90 Å². The Morgan fingerprint density at radius 1 is 1.09 bits per heavy atom. The Kier molecular flexibility index (Phi) is 3.96. The molecule has 3 rings (SSSR count). The molecule has 0 radical (unpaired) electrons. The SMILES string of the molecule is O=C(c1ccccc1F)N(Cc1ccco1)c1ccccn1. The lowest BCUT2D eigenvalue weighted by atomic mass is 10.1. The Bertz CT molecular complexity index is 757. The summed E-state index contributed by atoms with van der Waals surface area (Å²) < 4.78 is 19.2. The standard InChI is InChI=1S/C17H13FN2O2/c18-15-8-2-1-7-14(15)17(21)20(12-13-6-5-11-22-13)16-9-3-4-10-19-16/h1-11H,12H2. The molecule has 0 bridgehead atoms. The van der Waals surface area contributed by atoms with Crippen molar-refractivity contribution in [2.24, 2.45) is 0 Å². The van der Waals surface area contributed by atoms with Crippen LogP contribution in [0, 0.1) is 5.82 Å². The second-order valence-electron chi connectivity index (χ2n) is 4.64. The van der Waals surface area contributed by atoms with E-state index >= 15 is 0 Å². The maximum absolute atomic E-state index is 13.9. The first-order valence-electron chi connectivity index (χ1n) is 6.75. The molecular formula is C17H13FN2O2. The predicted molar refractivity (Wildman–Crippen MR) is 79.9 cm³/mol. The van der Waals surface area contributed by atoms with E-state index in [9.17, 15) is 9.18 Å². The summed E-state index contributed by atoms with van der Waals surface area (Å²) in [6, 6.07) is 14.6. The summed E-state index contributed by atoms with van der Waals surface area (Å²) in [6.07, 6.45) is 3.11. The third kappa shape index (κ3) is 2.88. The zero-order valence-corrected chi connectivity index (χ0v) is 11.6. The van der Waals surface area contributed by atoms with Crippen molar-refractivity contribution in [1.82, 2.24) is 4.98 Å². The van der Waals surface area contributed by atoms with E-state index in [4.69, 9.17) is 4.42 Å². The van der Waals surface area contributed by atoms with Gasteiger partial charge in [-0.3, -0.25) is 9.69 Å². The molecule has 110 valence electrons. The lowest BCUT2D eigenvalue weighted by Crippen LogP contribution is -2.31. The van der Waals surface area contributed by atoms with Gasteiger partial charge in [-0.2, -0.15) is 0 Å². The van der Waals surface area contributed by atoms with Crippen molar-refractivity contribution >= 4 is 11.7 Å². The molecule has 0 N–H and O–H groups in total. The zero-order chi connectivity index (χ0) is 15.4. The number of furan rings is 1. The molecule has 0 spiro atoms. The van der Waals surface area contributed by atoms with Crippen LogP contribution in [0.25, 0.3) is 0 Å². The number of pyridine rings is 1. The molecule has 0 aliphatic carbocycles. The number of nitrogens with zero attached hydrogens (tertiary/aromatic N) is 2. The van der Waals surface area contributed by atoms with Crippen molar-refractivity contribution in [3.05, 3.63) is 84.2 Å². The lowest BCUT2D eigenvalue weighted by molar-refractivity contribution is 0.0978. The number of hydrogen-bond donors (Lipinski definition) is 0. The topological polar surface area (TPSA) is 46.3 Å². The molecule has 0 atom stereocenters. The molecule has 0 saturated carbocycles. The molecule has 0 aliphatic rings. The first-order valence-corrected chi connectivity index (χ1v) is 6.75. The van der Waals surface area contributed by atoms with Gasteiger partial charge in [0.25, 0.3) is 5.91 Å². The van der Waals surface area contributed by atoms with Gasteiger partial charge < -0.3 is 4.42 Å². The molecule has 0 saturated heterocycles. The van der Waals surface area contributed by atoms with E-state index < -0.39 is 11.7 Å². The van der Waals surface area contributed by atoms with Crippen molar-refractivity contribution in [3.8, 4) is 0 Å². The van der Waals surface area contributed by atoms with Crippen LogP contribution in [0.4, 0.5) is 10.2 Å². The third-order valence-electron chi connectivity index (χ3n) is 3.17. The summed E-state index contributed by atoms with van der Waals surface area (Å²) in [5, 5.41) is 0. The Morgan fingerprint density at radius 2 is 1.91 bits per heavy atom. The average Bonchev–Trinajstić information content (AvgIpc) is 3.06. The molecule has 22 heavy (non-hydrogen) atoms. The molecule has 0 unspecified atom stereocenters. The number of anilines is 1. The number of benzene rings is 1. The van der Waals surface area contributed by atoms with Crippen LogP contribution >= 0.6 is 0 Å². The van der Waals surface area contributed by atoms with Crippen LogP contribution < -0.4 is 4.90 Å². The van der Waals surface area contributed by atoms with Crippen LogP contribution in [-0.2, 0) is 6.54 Å². The highest BCUT2D eigenvalue weighted by Crippen LogP contribution is 2.19. The van der Waals surface area contributed by atoms with Gasteiger partial charge in [0.15, 0.2) is 0 Å². The molecule has 0 fully saturated rings. The number of rotatable bonds is 4. The van der Waals surface area contributed by atoms with Crippen molar-refractivity contribution in [2.45, 2.75) is 6.54 Å². The van der Waals surface area contributed by atoms with Crippen LogP contribution in [0.15, 0.2) is 71.5 Å². The number of carbonyl (C=O) groups is 1. The van der Waals surface area contributed by atoms with E-state index in [0.717, 1.165) is 0 Å². The summed E-state index contributed by atoms with van der Waals surface area (Å²) in [4.78, 5) is 18.3.